The molecule has 0 aromatic carbocycles. The molecule has 0 aliphatic carbocycles. The van der Waals surface area contributed by atoms with Crippen LogP contribution in [0.2, 0.25) is 5.04 Å². The van der Waals surface area contributed by atoms with Crippen molar-refractivity contribution in [3.05, 3.63) is 12.7 Å². The van der Waals surface area contributed by atoms with Gasteiger partial charge in [-0.3, -0.25) is 0 Å². The van der Waals surface area contributed by atoms with E-state index in [4.69, 9.17) is 4.74 Å². The highest BCUT2D eigenvalue weighted by molar-refractivity contribution is 6.14. The Morgan fingerprint density at radius 1 is 1.75 bits per heavy atom. The molecule has 0 aromatic rings. The predicted octanol–water partition coefficient (Wildman–Crippen LogP) is 1.06. The van der Waals surface area contributed by atoms with Crippen LogP contribution in [0.15, 0.2) is 12.7 Å². The van der Waals surface area contributed by atoms with Crippen LogP contribution in [-0.4, -0.2) is 22.3 Å². The number of hydrogen-bond donors (Lipinski definition) is 0. The van der Waals surface area contributed by atoms with Gasteiger partial charge in [0.2, 0.25) is 0 Å². The molecule has 0 spiro atoms. The van der Waals surface area contributed by atoms with Crippen molar-refractivity contribution in [3.63, 3.8) is 0 Å². The zero-order valence-corrected chi connectivity index (χ0v) is 10.4. The van der Waals surface area contributed by atoms with Crippen molar-refractivity contribution in [2.75, 3.05) is 0 Å². The van der Waals surface area contributed by atoms with Crippen molar-refractivity contribution in [2.45, 2.75) is 38.3 Å². The first-order valence-electron chi connectivity index (χ1n) is 4.18. The third-order valence-electron chi connectivity index (χ3n) is 1.38. The summed E-state index contributed by atoms with van der Waals surface area (Å²) in [5, 5.41) is 0.334. The molecule has 12 heavy (non-hydrogen) atoms. The SMILES string of the molecule is C=CC(=O)OC(C)CC(C)(C)[SiH3]. The fourth-order valence-electron chi connectivity index (χ4n) is 1.15. The summed E-state index contributed by atoms with van der Waals surface area (Å²) in [5.41, 5.74) is 0. The first kappa shape index (κ1) is 11.4. The molecular weight excluding hydrogens is 168 g/mol. The van der Waals surface area contributed by atoms with Crippen LogP contribution in [0.5, 0.6) is 0 Å². The zero-order valence-electron chi connectivity index (χ0n) is 8.39. The van der Waals surface area contributed by atoms with Gasteiger partial charge in [0.1, 0.15) is 0 Å². The molecule has 0 saturated heterocycles. The summed E-state index contributed by atoms with van der Waals surface area (Å²) >= 11 is 0. The summed E-state index contributed by atoms with van der Waals surface area (Å²) in [6.45, 7) is 9.62. The zero-order chi connectivity index (χ0) is 9.78. The van der Waals surface area contributed by atoms with Gasteiger partial charge >= 0.3 is 5.97 Å². The summed E-state index contributed by atoms with van der Waals surface area (Å²) in [6, 6.07) is 0. The Morgan fingerprint density at radius 2 is 2.25 bits per heavy atom. The molecule has 0 aromatic heterocycles. The lowest BCUT2D eigenvalue weighted by Crippen LogP contribution is -2.18. The van der Waals surface area contributed by atoms with Crippen molar-refractivity contribution in [1.29, 1.82) is 0 Å². The monoisotopic (exact) mass is 186 g/mol. The molecular formula is C9H18O2Si. The fraction of sp³-hybridized carbons (Fsp3) is 0.667. The van der Waals surface area contributed by atoms with Crippen molar-refractivity contribution >= 4 is 16.2 Å². The van der Waals surface area contributed by atoms with E-state index in [2.05, 4.69) is 20.4 Å². The largest absolute Gasteiger partial charge is 0.460 e. The van der Waals surface area contributed by atoms with Gasteiger partial charge in [-0.1, -0.05) is 20.4 Å². The van der Waals surface area contributed by atoms with Gasteiger partial charge in [0, 0.05) is 16.3 Å². The molecule has 3 heteroatoms. The lowest BCUT2D eigenvalue weighted by atomic mass is 10.1. The molecule has 1 unspecified atom stereocenters. The third kappa shape index (κ3) is 6.16. The molecule has 1 atom stereocenters. The van der Waals surface area contributed by atoms with E-state index in [0.717, 1.165) is 16.7 Å². The van der Waals surface area contributed by atoms with Gasteiger partial charge in [-0.25, -0.2) is 4.79 Å². The topological polar surface area (TPSA) is 26.3 Å². The van der Waals surface area contributed by atoms with Gasteiger partial charge in [-0.2, -0.15) is 0 Å². The molecule has 0 radical (unpaired) electrons. The number of rotatable bonds is 4. The van der Waals surface area contributed by atoms with Gasteiger partial charge < -0.3 is 4.74 Å². The Bertz CT molecular complexity index is 170. The van der Waals surface area contributed by atoms with Crippen LogP contribution in [-0.2, 0) is 9.53 Å². The summed E-state index contributed by atoms with van der Waals surface area (Å²) in [5.74, 6) is -0.326. The Morgan fingerprint density at radius 3 is 2.58 bits per heavy atom. The highest BCUT2D eigenvalue weighted by atomic mass is 28.1. The molecule has 0 fully saturated rings. The lowest BCUT2D eigenvalue weighted by molar-refractivity contribution is -0.142. The predicted molar refractivity (Wildman–Crippen MR) is 54.3 cm³/mol. The smallest absolute Gasteiger partial charge is 0.330 e. The summed E-state index contributed by atoms with van der Waals surface area (Å²) in [4.78, 5) is 10.8. The van der Waals surface area contributed by atoms with E-state index >= 15 is 0 Å². The van der Waals surface area contributed by atoms with E-state index in [1.165, 1.54) is 6.08 Å². The number of carbonyl (C=O) groups excluding carboxylic acids is 1. The van der Waals surface area contributed by atoms with Crippen LogP contribution in [0.1, 0.15) is 27.2 Å². The molecule has 0 aliphatic heterocycles. The maximum Gasteiger partial charge on any atom is 0.330 e. The average molecular weight is 186 g/mol. The quantitative estimate of drug-likeness (QED) is 0.373. The molecule has 0 aliphatic rings. The number of carbonyl (C=O) groups is 1. The van der Waals surface area contributed by atoms with Crippen molar-refractivity contribution in [1.82, 2.24) is 0 Å². The van der Waals surface area contributed by atoms with Crippen molar-refractivity contribution in [2.24, 2.45) is 0 Å². The van der Waals surface area contributed by atoms with Gasteiger partial charge in [0.15, 0.2) is 0 Å². The summed E-state index contributed by atoms with van der Waals surface area (Å²) < 4.78 is 5.04. The first-order chi connectivity index (χ1) is 5.35. The average Bonchev–Trinajstić information content (AvgIpc) is 1.82. The van der Waals surface area contributed by atoms with E-state index in [0.29, 0.717) is 5.04 Å². The van der Waals surface area contributed by atoms with E-state index in [1.54, 1.807) is 0 Å². The molecule has 0 amide bonds. The Labute approximate surface area is 77.4 Å². The van der Waals surface area contributed by atoms with Crippen LogP contribution in [0, 0.1) is 0 Å². The summed E-state index contributed by atoms with van der Waals surface area (Å²) in [6.07, 6.45) is 2.14. The van der Waals surface area contributed by atoms with Crippen LogP contribution >= 0.6 is 0 Å². The third-order valence-corrected chi connectivity index (χ3v) is 1.79. The Kier molecular flexibility index (Phi) is 4.24. The lowest BCUT2D eigenvalue weighted by Gasteiger charge is -2.22. The number of esters is 1. The Balaban J connectivity index is 3.82. The van der Waals surface area contributed by atoms with Crippen LogP contribution in [0.25, 0.3) is 0 Å². The van der Waals surface area contributed by atoms with Crippen LogP contribution < -0.4 is 0 Å². The molecule has 0 heterocycles. The second-order valence-electron chi connectivity index (χ2n) is 4.22. The van der Waals surface area contributed by atoms with E-state index in [1.807, 2.05) is 6.92 Å². The van der Waals surface area contributed by atoms with Crippen LogP contribution in [0.4, 0.5) is 0 Å². The van der Waals surface area contributed by atoms with Gasteiger partial charge in [-0.05, 0) is 18.4 Å². The minimum absolute atomic E-state index is 0.00278. The van der Waals surface area contributed by atoms with Gasteiger partial charge in [0.25, 0.3) is 0 Å². The van der Waals surface area contributed by atoms with Crippen molar-refractivity contribution in [3.8, 4) is 0 Å². The number of ether oxygens (including phenoxy) is 1. The molecule has 0 N–H and O–H groups in total. The standard InChI is InChI=1S/C9H18O2Si/c1-5-8(10)11-7(2)6-9(3,4)12/h5,7H,1,6H2,2-4,12H3. The molecule has 0 rings (SSSR count). The fourth-order valence-corrected chi connectivity index (χ4v) is 1.73. The first-order valence-corrected chi connectivity index (χ1v) is 5.18. The normalized spacial score (nSPS) is 13.9. The number of hydrogen-bond acceptors (Lipinski definition) is 2. The van der Waals surface area contributed by atoms with Gasteiger partial charge in [0.05, 0.1) is 6.10 Å². The second kappa shape index (κ2) is 4.45. The maximum atomic E-state index is 10.8. The van der Waals surface area contributed by atoms with E-state index in [-0.39, 0.29) is 12.1 Å². The summed E-state index contributed by atoms with van der Waals surface area (Å²) in [7, 11) is 1.11. The molecule has 2 nitrogen and oxygen atoms in total. The van der Waals surface area contributed by atoms with E-state index < -0.39 is 0 Å². The minimum Gasteiger partial charge on any atom is -0.460 e. The molecule has 70 valence electrons. The highest BCUT2D eigenvalue weighted by Gasteiger charge is 2.17. The maximum absolute atomic E-state index is 10.8. The minimum atomic E-state index is -0.326. The Hall–Kier alpha value is -0.573. The van der Waals surface area contributed by atoms with Crippen molar-refractivity contribution < 1.29 is 9.53 Å². The van der Waals surface area contributed by atoms with Crippen LogP contribution in [0.3, 0.4) is 0 Å². The van der Waals surface area contributed by atoms with Gasteiger partial charge in [-0.15, -0.1) is 0 Å². The van der Waals surface area contributed by atoms with E-state index in [9.17, 15) is 4.79 Å². The second-order valence-corrected chi connectivity index (χ2v) is 6.92. The molecule has 0 saturated carbocycles. The molecule has 0 bridgehead atoms. The highest BCUT2D eigenvalue weighted by Crippen LogP contribution is 2.26.